The summed E-state index contributed by atoms with van der Waals surface area (Å²) in [5.41, 5.74) is 0.573. The van der Waals surface area contributed by atoms with Crippen molar-refractivity contribution in [3.8, 4) is 0 Å². The molecule has 3 nitrogen and oxygen atoms in total. The Morgan fingerprint density at radius 2 is 2.06 bits per heavy atom. The molecule has 0 saturated carbocycles. The maximum absolute atomic E-state index is 11.9. The van der Waals surface area contributed by atoms with Crippen LogP contribution in [0.25, 0.3) is 0 Å². The Balaban J connectivity index is 2.60. The number of halogens is 2. The maximum atomic E-state index is 11.9. The highest BCUT2D eigenvalue weighted by molar-refractivity contribution is 6.42. The number of carbonyl (C=O) groups excluding carboxylic acids is 1. The van der Waals surface area contributed by atoms with Crippen LogP contribution in [0.4, 0.5) is 0 Å². The first-order valence-corrected chi connectivity index (χ1v) is 5.96. The Hall–Kier alpha value is -0.610. The summed E-state index contributed by atoms with van der Waals surface area (Å²) in [6.07, 6.45) is 0. The fraction of sp³-hybridized carbons (Fsp3) is 0.417. The number of carbonyl (C=O) groups is 1. The van der Waals surface area contributed by atoms with Crippen molar-refractivity contribution in [3.05, 3.63) is 33.8 Å². The van der Waals surface area contributed by atoms with Gasteiger partial charge in [0.2, 0.25) is 0 Å². The third kappa shape index (κ3) is 4.64. The zero-order valence-corrected chi connectivity index (χ0v) is 11.4. The van der Waals surface area contributed by atoms with Gasteiger partial charge in [0, 0.05) is 19.2 Å². The topological polar surface area (TPSA) is 29.5 Å². The third-order valence-corrected chi connectivity index (χ3v) is 3.07. The molecule has 0 saturated heterocycles. The minimum Gasteiger partial charge on any atom is -0.383 e. The molecule has 0 fully saturated rings. The van der Waals surface area contributed by atoms with E-state index in [1.54, 1.807) is 25.3 Å². The van der Waals surface area contributed by atoms with Gasteiger partial charge >= 0.3 is 0 Å². The van der Waals surface area contributed by atoms with Gasteiger partial charge in [-0.1, -0.05) is 23.2 Å². The second-order valence-electron chi connectivity index (χ2n) is 3.78. The first-order valence-electron chi connectivity index (χ1n) is 5.20. The second kappa shape index (κ2) is 6.97. The van der Waals surface area contributed by atoms with Crippen LogP contribution in [-0.4, -0.2) is 44.5 Å². The molecule has 0 atom stereocenters. The van der Waals surface area contributed by atoms with Crippen molar-refractivity contribution < 1.29 is 9.53 Å². The summed E-state index contributed by atoms with van der Waals surface area (Å²) < 4.78 is 4.94. The molecule has 0 radical (unpaired) electrons. The molecule has 0 amide bonds. The first-order chi connectivity index (χ1) is 8.04. The van der Waals surface area contributed by atoms with Gasteiger partial charge in [0.15, 0.2) is 5.78 Å². The molecule has 0 aliphatic heterocycles. The van der Waals surface area contributed by atoms with Crippen LogP contribution in [0.2, 0.25) is 10.0 Å². The predicted octanol–water partition coefficient (Wildman–Crippen LogP) is 2.75. The van der Waals surface area contributed by atoms with Gasteiger partial charge in [0.25, 0.3) is 0 Å². The van der Waals surface area contributed by atoms with Gasteiger partial charge in [0.1, 0.15) is 0 Å². The molecule has 94 valence electrons. The SMILES string of the molecule is COCCN(C)CC(=O)c1ccc(Cl)c(Cl)c1. The molecular formula is C12H15Cl2NO2. The van der Waals surface area contributed by atoms with Crippen LogP contribution in [0.3, 0.4) is 0 Å². The Bertz CT molecular complexity index is 396. The van der Waals surface area contributed by atoms with E-state index in [4.69, 9.17) is 27.9 Å². The van der Waals surface area contributed by atoms with Crippen LogP contribution in [0, 0.1) is 0 Å². The zero-order chi connectivity index (χ0) is 12.8. The minimum atomic E-state index is 0.0159. The molecular weight excluding hydrogens is 261 g/mol. The van der Waals surface area contributed by atoms with Crippen molar-refractivity contribution >= 4 is 29.0 Å². The standard InChI is InChI=1S/C12H15Cl2NO2/c1-15(5-6-17-2)8-12(16)9-3-4-10(13)11(14)7-9/h3-4,7H,5-6,8H2,1-2H3. The fourth-order valence-electron chi connectivity index (χ4n) is 1.33. The monoisotopic (exact) mass is 275 g/mol. The van der Waals surface area contributed by atoms with Crippen molar-refractivity contribution in [3.63, 3.8) is 0 Å². The van der Waals surface area contributed by atoms with Gasteiger partial charge in [-0.25, -0.2) is 0 Å². The van der Waals surface area contributed by atoms with E-state index < -0.39 is 0 Å². The van der Waals surface area contributed by atoms with Crippen molar-refractivity contribution in [1.29, 1.82) is 0 Å². The number of hydrogen-bond acceptors (Lipinski definition) is 3. The average Bonchev–Trinajstić information content (AvgIpc) is 2.30. The highest BCUT2D eigenvalue weighted by Gasteiger charge is 2.10. The number of likely N-dealkylation sites (N-methyl/N-ethyl adjacent to an activating group) is 1. The number of ether oxygens (including phenoxy) is 1. The summed E-state index contributed by atoms with van der Waals surface area (Å²) in [5.74, 6) is 0.0159. The van der Waals surface area contributed by atoms with E-state index in [0.717, 1.165) is 0 Å². The largest absolute Gasteiger partial charge is 0.383 e. The van der Waals surface area contributed by atoms with Crippen LogP contribution < -0.4 is 0 Å². The van der Waals surface area contributed by atoms with Gasteiger partial charge in [-0.3, -0.25) is 9.69 Å². The number of nitrogens with zero attached hydrogens (tertiary/aromatic N) is 1. The second-order valence-corrected chi connectivity index (χ2v) is 4.60. The summed E-state index contributed by atoms with van der Waals surface area (Å²) in [5, 5.41) is 0.855. The molecule has 1 rings (SSSR count). The van der Waals surface area contributed by atoms with Crippen molar-refractivity contribution in [2.45, 2.75) is 0 Å². The Labute approximate surface area is 111 Å². The smallest absolute Gasteiger partial charge is 0.176 e. The normalized spacial score (nSPS) is 10.9. The van der Waals surface area contributed by atoms with E-state index >= 15 is 0 Å². The number of hydrogen-bond donors (Lipinski definition) is 0. The van der Waals surface area contributed by atoms with Crippen molar-refractivity contribution in [2.24, 2.45) is 0 Å². The van der Waals surface area contributed by atoms with Gasteiger partial charge in [0.05, 0.1) is 23.2 Å². The fourth-order valence-corrected chi connectivity index (χ4v) is 1.63. The highest BCUT2D eigenvalue weighted by atomic mass is 35.5. The Morgan fingerprint density at radius 3 is 2.65 bits per heavy atom. The van der Waals surface area contributed by atoms with E-state index in [2.05, 4.69) is 0 Å². The molecule has 0 aliphatic carbocycles. The van der Waals surface area contributed by atoms with E-state index in [0.29, 0.717) is 35.3 Å². The number of methoxy groups -OCH3 is 1. The van der Waals surface area contributed by atoms with Crippen LogP contribution >= 0.6 is 23.2 Å². The van der Waals surface area contributed by atoms with Crippen LogP contribution in [0.15, 0.2) is 18.2 Å². The molecule has 1 aromatic rings. The van der Waals surface area contributed by atoms with E-state index in [1.807, 2.05) is 11.9 Å². The quantitative estimate of drug-likeness (QED) is 0.748. The maximum Gasteiger partial charge on any atom is 0.176 e. The number of rotatable bonds is 6. The lowest BCUT2D eigenvalue weighted by Crippen LogP contribution is -2.29. The molecule has 0 aromatic heterocycles. The summed E-state index contributed by atoms with van der Waals surface area (Å²) >= 11 is 11.6. The van der Waals surface area contributed by atoms with Crippen molar-refractivity contribution in [1.82, 2.24) is 4.90 Å². The molecule has 5 heteroatoms. The Kier molecular flexibility index (Phi) is 5.92. The lowest BCUT2D eigenvalue weighted by atomic mass is 10.1. The van der Waals surface area contributed by atoms with Crippen LogP contribution in [-0.2, 0) is 4.74 Å². The van der Waals surface area contributed by atoms with Gasteiger partial charge < -0.3 is 4.74 Å². The molecule has 0 N–H and O–H groups in total. The molecule has 0 spiro atoms. The van der Waals surface area contributed by atoms with Gasteiger partial charge in [-0.05, 0) is 25.2 Å². The lowest BCUT2D eigenvalue weighted by Gasteiger charge is -2.15. The number of ketones is 1. The summed E-state index contributed by atoms with van der Waals surface area (Å²) in [6, 6.07) is 4.91. The molecule has 0 heterocycles. The van der Waals surface area contributed by atoms with E-state index in [-0.39, 0.29) is 5.78 Å². The van der Waals surface area contributed by atoms with Crippen LogP contribution in [0.5, 0.6) is 0 Å². The summed E-state index contributed by atoms with van der Waals surface area (Å²) in [7, 11) is 3.50. The summed E-state index contributed by atoms with van der Waals surface area (Å²) in [4.78, 5) is 13.8. The summed E-state index contributed by atoms with van der Waals surface area (Å²) in [6.45, 7) is 1.65. The predicted molar refractivity (Wildman–Crippen MR) is 70.2 cm³/mol. The van der Waals surface area contributed by atoms with E-state index in [9.17, 15) is 4.79 Å². The minimum absolute atomic E-state index is 0.0159. The third-order valence-electron chi connectivity index (χ3n) is 2.33. The van der Waals surface area contributed by atoms with E-state index in [1.165, 1.54) is 0 Å². The molecule has 0 unspecified atom stereocenters. The lowest BCUT2D eigenvalue weighted by molar-refractivity contribution is 0.0922. The van der Waals surface area contributed by atoms with Gasteiger partial charge in [-0.2, -0.15) is 0 Å². The highest BCUT2D eigenvalue weighted by Crippen LogP contribution is 2.22. The molecule has 1 aromatic carbocycles. The molecule has 17 heavy (non-hydrogen) atoms. The van der Waals surface area contributed by atoms with Crippen molar-refractivity contribution in [2.75, 3.05) is 33.9 Å². The first kappa shape index (κ1) is 14.5. The Morgan fingerprint density at radius 1 is 1.35 bits per heavy atom. The number of Topliss-reactive ketones (excluding diaryl/α,β-unsaturated/α-hetero) is 1. The zero-order valence-electron chi connectivity index (χ0n) is 9.87. The van der Waals surface area contributed by atoms with Gasteiger partial charge in [-0.15, -0.1) is 0 Å². The molecule has 0 aliphatic rings. The average molecular weight is 276 g/mol. The molecule has 0 bridgehead atoms. The number of benzene rings is 1. The van der Waals surface area contributed by atoms with Crippen LogP contribution in [0.1, 0.15) is 10.4 Å².